The summed E-state index contributed by atoms with van der Waals surface area (Å²) >= 11 is 0. The zero-order valence-corrected chi connectivity index (χ0v) is 20.2. The predicted molar refractivity (Wildman–Crippen MR) is 123 cm³/mol. The number of nitrogens with one attached hydrogen (secondary N) is 1. The predicted octanol–water partition coefficient (Wildman–Crippen LogP) is 2.22. The van der Waals surface area contributed by atoms with Gasteiger partial charge in [0.05, 0.1) is 7.11 Å². The number of rotatable bonds is 10. The van der Waals surface area contributed by atoms with Crippen LogP contribution in [-0.4, -0.2) is 81.4 Å². The van der Waals surface area contributed by atoms with Crippen molar-refractivity contribution in [3.63, 3.8) is 0 Å². The van der Waals surface area contributed by atoms with Crippen molar-refractivity contribution < 1.29 is 23.9 Å². The number of nitrogens with zero attached hydrogens (tertiary/aromatic N) is 2. The zero-order valence-electron chi connectivity index (χ0n) is 20.2. The molecule has 1 fully saturated rings. The number of ketones is 1. The fraction of sp³-hybridized carbons (Fsp3) is 0.625. The Labute approximate surface area is 191 Å². The summed E-state index contributed by atoms with van der Waals surface area (Å²) in [6.07, 6.45) is 1.28. The molecule has 2 amide bonds. The Bertz CT molecular complexity index is 814. The van der Waals surface area contributed by atoms with Crippen molar-refractivity contribution in [3.05, 3.63) is 23.8 Å². The van der Waals surface area contributed by atoms with Gasteiger partial charge in [-0.2, -0.15) is 0 Å². The number of hydrogen-bond acceptors (Lipinski definition) is 6. The minimum absolute atomic E-state index is 0.00313. The van der Waals surface area contributed by atoms with Crippen LogP contribution in [0.5, 0.6) is 11.5 Å². The Hall–Kier alpha value is -2.61. The standard InChI is InChI=1S/C24H37N3O5/c1-17(28)19-7-8-20(21(13-19)31-6)32-14-22(29)27-11-9-18(10-12-27)23(30)25-15-24(2,3)16-26(4)5/h7-8,13,18H,9-12,14-16H2,1-6H3,(H,25,30). The van der Waals surface area contributed by atoms with Crippen molar-refractivity contribution in [1.82, 2.24) is 15.1 Å². The number of benzene rings is 1. The molecule has 1 aromatic carbocycles. The van der Waals surface area contributed by atoms with Crippen molar-refractivity contribution in [1.29, 1.82) is 0 Å². The van der Waals surface area contributed by atoms with Gasteiger partial charge in [0.1, 0.15) is 0 Å². The summed E-state index contributed by atoms with van der Waals surface area (Å²) in [4.78, 5) is 40.5. The topological polar surface area (TPSA) is 88.2 Å². The normalized spacial score (nSPS) is 14.9. The largest absolute Gasteiger partial charge is 0.493 e. The van der Waals surface area contributed by atoms with Gasteiger partial charge >= 0.3 is 0 Å². The molecule has 8 nitrogen and oxygen atoms in total. The van der Waals surface area contributed by atoms with E-state index in [1.54, 1.807) is 23.1 Å². The molecule has 1 aromatic rings. The molecule has 8 heteroatoms. The molecule has 0 spiro atoms. The Balaban J connectivity index is 1.80. The molecule has 1 N–H and O–H groups in total. The van der Waals surface area contributed by atoms with E-state index in [0.29, 0.717) is 49.5 Å². The molecular weight excluding hydrogens is 410 g/mol. The van der Waals surface area contributed by atoms with Crippen molar-refractivity contribution >= 4 is 17.6 Å². The van der Waals surface area contributed by atoms with E-state index in [1.807, 2.05) is 14.1 Å². The summed E-state index contributed by atoms with van der Waals surface area (Å²) in [5, 5.41) is 3.08. The van der Waals surface area contributed by atoms with Crippen molar-refractivity contribution in [2.45, 2.75) is 33.6 Å². The van der Waals surface area contributed by atoms with E-state index in [2.05, 4.69) is 24.1 Å². The van der Waals surface area contributed by atoms with Gasteiger partial charge in [0.15, 0.2) is 23.9 Å². The number of likely N-dealkylation sites (tertiary alicyclic amines) is 1. The number of hydrogen-bond donors (Lipinski definition) is 1. The van der Waals surface area contributed by atoms with Crippen LogP contribution in [0.1, 0.15) is 44.0 Å². The molecule has 0 radical (unpaired) electrons. The third-order valence-electron chi connectivity index (χ3n) is 5.63. The quantitative estimate of drug-likeness (QED) is 0.554. The molecule has 0 saturated carbocycles. The molecule has 0 atom stereocenters. The van der Waals surface area contributed by atoms with E-state index in [4.69, 9.17) is 9.47 Å². The fourth-order valence-corrected chi connectivity index (χ4v) is 4.01. The first-order chi connectivity index (χ1) is 15.0. The first kappa shape index (κ1) is 25.6. The van der Waals surface area contributed by atoms with Crippen LogP contribution < -0.4 is 14.8 Å². The van der Waals surface area contributed by atoms with Gasteiger partial charge in [0.25, 0.3) is 5.91 Å². The van der Waals surface area contributed by atoms with Crippen molar-refractivity contribution in [3.8, 4) is 11.5 Å². The first-order valence-corrected chi connectivity index (χ1v) is 11.0. The Morgan fingerprint density at radius 2 is 1.81 bits per heavy atom. The number of amides is 2. The summed E-state index contributed by atoms with van der Waals surface area (Å²) in [6, 6.07) is 4.89. The molecule has 0 unspecified atom stereocenters. The van der Waals surface area contributed by atoms with E-state index in [9.17, 15) is 14.4 Å². The fourth-order valence-electron chi connectivity index (χ4n) is 4.01. The van der Waals surface area contributed by atoms with Crippen LogP contribution in [0.2, 0.25) is 0 Å². The molecular formula is C24H37N3O5. The average Bonchev–Trinajstić information content (AvgIpc) is 2.74. The maximum Gasteiger partial charge on any atom is 0.260 e. The van der Waals surface area contributed by atoms with E-state index in [0.717, 1.165) is 6.54 Å². The van der Waals surface area contributed by atoms with Crippen LogP contribution in [0.25, 0.3) is 0 Å². The van der Waals surface area contributed by atoms with Gasteiger partial charge in [-0.15, -0.1) is 0 Å². The molecule has 0 bridgehead atoms. The second-order valence-electron chi connectivity index (χ2n) is 9.49. The Morgan fingerprint density at radius 1 is 1.16 bits per heavy atom. The first-order valence-electron chi connectivity index (χ1n) is 11.0. The number of methoxy groups -OCH3 is 1. The lowest BCUT2D eigenvalue weighted by Gasteiger charge is -2.33. The summed E-state index contributed by atoms with van der Waals surface area (Å²) in [5.74, 6) is 0.621. The summed E-state index contributed by atoms with van der Waals surface area (Å²) < 4.78 is 10.9. The lowest BCUT2D eigenvalue weighted by atomic mass is 9.91. The molecule has 1 aliphatic heterocycles. The number of carbonyl (C=O) groups is 3. The van der Waals surface area contributed by atoms with E-state index in [1.165, 1.54) is 14.0 Å². The highest BCUT2D eigenvalue weighted by molar-refractivity contribution is 5.94. The van der Waals surface area contributed by atoms with Crippen LogP contribution in [0.15, 0.2) is 18.2 Å². The summed E-state index contributed by atoms with van der Waals surface area (Å²) in [6.45, 7) is 8.21. The van der Waals surface area contributed by atoms with Gasteiger partial charge in [-0.25, -0.2) is 0 Å². The highest BCUT2D eigenvalue weighted by Crippen LogP contribution is 2.28. The van der Waals surface area contributed by atoms with Gasteiger partial charge in [0.2, 0.25) is 5.91 Å². The second-order valence-corrected chi connectivity index (χ2v) is 9.49. The number of ether oxygens (including phenoxy) is 2. The van der Waals surface area contributed by atoms with Gasteiger partial charge < -0.3 is 24.6 Å². The van der Waals surface area contributed by atoms with Gasteiger partial charge in [0, 0.05) is 37.7 Å². The van der Waals surface area contributed by atoms with E-state index in [-0.39, 0.29) is 35.5 Å². The summed E-state index contributed by atoms with van der Waals surface area (Å²) in [5.41, 5.74) is 0.516. The van der Waals surface area contributed by atoms with Crippen LogP contribution in [0.3, 0.4) is 0 Å². The molecule has 178 valence electrons. The lowest BCUT2D eigenvalue weighted by molar-refractivity contribution is -0.137. The molecule has 1 aliphatic rings. The van der Waals surface area contributed by atoms with Crippen LogP contribution in [0.4, 0.5) is 0 Å². The number of piperidine rings is 1. The van der Waals surface area contributed by atoms with Gasteiger partial charge in [-0.05, 0) is 57.5 Å². The summed E-state index contributed by atoms with van der Waals surface area (Å²) in [7, 11) is 5.54. The van der Waals surface area contributed by atoms with Gasteiger partial charge in [-0.1, -0.05) is 13.8 Å². The molecule has 32 heavy (non-hydrogen) atoms. The monoisotopic (exact) mass is 447 g/mol. The average molecular weight is 448 g/mol. The van der Waals surface area contributed by atoms with Crippen LogP contribution >= 0.6 is 0 Å². The molecule has 2 rings (SSSR count). The van der Waals surface area contributed by atoms with Crippen LogP contribution in [0, 0.1) is 11.3 Å². The molecule has 0 aromatic heterocycles. The number of Topliss-reactive ketones (excluding diaryl/α,β-unsaturated/α-hetero) is 1. The van der Waals surface area contributed by atoms with Crippen molar-refractivity contribution in [2.75, 3.05) is 54.0 Å². The minimum Gasteiger partial charge on any atom is -0.493 e. The zero-order chi connectivity index (χ0) is 23.9. The second kappa shape index (κ2) is 11.3. The Morgan fingerprint density at radius 3 is 2.38 bits per heavy atom. The maximum absolute atomic E-state index is 12.6. The highest BCUT2D eigenvalue weighted by atomic mass is 16.5. The number of carbonyl (C=O) groups excluding carboxylic acids is 3. The third-order valence-corrected chi connectivity index (χ3v) is 5.63. The Kier molecular flexibility index (Phi) is 9.07. The maximum atomic E-state index is 12.6. The minimum atomic E-state index is -0.131. The van der Waals surface area contributed by atoms with E-state index >= 15 is 0 Å². The van der Waals surface area contributed by atoms with E-state index < -0.39 is 0 Å². The van der Waals surface area contributed by atoms with Crippen molar-refractivity contribution in [2.24, 2.45) is 11.3 Å². The smallest absolute Gasteiger partial charge is 0.260 e. The molecule has 0 aliphatic carbocycles. The van der Waals surface area contributed by atoms with Gasteiger partial charge in [-0.3, -0.25) is 14.4 Å². The third kappa shape index (κ3) is 7.51. The molecule has 1 heterocycles. The SMILES string of the molecule is COc1cc(C(C)=O)ccc1OCC(=O)N1CCC(C(=O)NCC(C)(C)CN(C)C)CC1. The van der Waals surface area contributed by atoms with Crippen LogP contribution in [-0.2, 0) is 9.59 Å². The highest BCUT2D eigenvalue weighted by Gasteiger charge is 2.29. The lowest BCUT2D eigenvalue weighted by Crippen LogP contribution is -2.46. The molecule has 1 saturated heterocycles.